The van der Waals surface area contributed by atoms with Crippen LogP contribution in [0.2, 0.25) is 13.1 Å². The monoisotopic (exact) mass is 362 g/mol. The molecule has 0 aliphatic rings. The summed E-state index contributed by atoms with van der Waals surface area (Å²) in [6.45, 7) is 4.10. The SMILES string of the molecule is CO[Si](C)(OC)c1cccc(-c2ccccc2)c1[Si](C)(OC)OC. The summed E-state index contributed by atoms with van der Waals surface area (Å²) in [7, 11) is 1.66. The van der Waals surface area contributed by atoms with E-state index in [2.05, 4.69) is 30.8 Å². The van der Waals surface area contributed by atoms with Gasteiger partial charge in [0.1, 0.15) is 0 Å². The van der Waals surface area contributed by atoms with Crippen LogP contribution < -0.4 is 10.4 Å². The van der Waals surface area contributed by atoms with E-state index in [1.807, 2.05) is 30.8 Å². The summed E-state index contributed by atoms with van der Waals surface area (Å²) in [6, 6.07) is 16.5. The maximum absolute atomic E-state index is 5.89. The molecule has 2 rings (SSSR count). The molecule has 24 heavy (non-hydrogen) atoms. The highest BCUT2D eigenvalue weighted by molar-refractivity contribution is 6.91. The molecule has 0 radical (unpaired) electrons. The molecular weight excluding hydrogens is 336 g/mol. The zero-order chi connectivity index (χ0) is 17.8. The van der Waals surface area contributed by atoms with Crippen LogP contribution in [0.15, 0.2) is 48.5 Å². The summed E-state index contributed by atoms with van der Waals surface area (Å²) in [5.74, 6) is 0. The molecule has 0 spiro atoms. The van der Waals surface area contributed by atoms with E-state index in [9.17, 15) is 0 Å². The summed E-state index contributed by atoms with van der Waals surface area (Å²) in [6.07, 6.45) is 0. The molecule has 0 amide bonds. The van der Waals surface area contributed by atoms with Gasteiger partial charge in [-0.25, -0.2) is 0 Å². The smallest absolute Gasteiger partial charge is 0.369 e. The van der Waals surface area contributed by atoms with Crippen LogP contribution in [0.3, 0.4) is 0 Å². The van der Waals surface area contributed by atoms with Crippen LogP contribution in [-0.2, 0) is 17.7 Å². The van der Waals surface area contributed by atoms with E-state index in [1.54, 1.807) is 28.4 Å². The summed E-state index contributed by atoms with van der Waals surface area (Å²) in [4.78, 5) is 0. The molecule has 0 bridgehead atoms. The minimum atomic E-state index is -2.61. The first-order valence-electron chi connectivity index (χ1n) is 7.85. The Labute approximate surface area is 146 Å². The van der Waals surface area contributed by atoms with Gasteiger partial charge in [-0.15, -0.1) is 0 Å². The summed E-state index contributed by atoms with van der Waals surface area (Å²) >= 11 is 0. The van der Waals surface area contributed by atoms with E-state index in [0.717, 1.165) is 21.5 Å². The van der Waals surface area contributed by atoms with Crippen molar-refractivity contribution in [1.29, 1.82) is 0 Å². The first kappa shape index (κ1) is 19.0. The lowest BCUT2D eigenvalue weighted by Crippen LogP contribution is -2.65. The Morgan fingerprint density at radius 1 is 0.625 bits per heavy atom. The second-order valence-corrected chi connectivity index (χ2v) is 12.3. The molecule has 0 aliphatic carbocycles. The van der Waals surface area contributed by atoms with Crippen LogP contribution in [-0.4, -0.2) is 45.6 Å². The molecule has 0 N–H and O–H groups in total. The molecule has 0 aromatic heterocycles. The highest BCUT2D eigenvalue weighted by Gasteiger charge is 2.44. The van der Waals surface area contributed by atoms with Crippen molar-refractivity contribution in [3.8, 4) is 11.1 Å². The van der Waals surface area contributed by atoms with Gasteiger partial charge in [-0.05, 0) is 29.4 Å². The number of benzene rings is 2. The molecule has 0 unspecified atom stereocenters. The third kappa shape index (κ3) is 3.39. The fraction of sp³-hybridized carbons (Fsp3) is 0.333. The maximum atomic E-state index is 5.89. The van der Waals surface area contributed by atoms with Gasteiger partial charge in [-0.2, -0.15) is 0 Å². The molecule has 6 heteroatoms. The molecular formula is C18H26O4Si2. The Morgan fingerprint density at radius 3 is 1.67 bits per heavy atom. The Kier molecular flexibility index (Phi) is 6.13. The van der Waals surface area contributed by atoms with Gasteiger partial charge in [0.25, 0.3) is 0 Å². The third-order valence-corrected chi connectivity index (χ3v) is 10.9. The van der Waals surface area contributed by atoms with Gasteiger partial charge in [0.05, 0.1) is 0 Å². The van der Waals surface area contributed by atoms with Crippen molar-refractivity contribution in [2.24, 2.45) is 0 Å². The average Bonchev–Trinajstić information content (AvgIpc) is 2.66. The minimum Gasteiger partial charge on any atom is -0.394 e. The molecule has 0 atom stereocenters. The van der Waals surface area contributed by atoms with E-state index >= 15 is 0 Å². The average molecular weight is 363 g/mol. The zero-order valence-electron chi connectivity index (χ0n) is 15.3. The minimum absolute atomic E-state index is 1.06. The van der Waals surface area contributed by atoms with Crippen LogP contribution in [0.25, 0.3) is 11.1 Å². The molecule has 0 fully saturated rings. The first-order valence-corrected chi connectivity index (χ1v) is 12.5. The second kappa shape index (κ2) is 7.73. The van der Waals surface area contributed by atoms with Crippen molar-refractivity contribution >= 4 is 27.5 Å². The number of hydrogen-bond acceptors (Lipinski definition) is 4. The Hall–Kier alpha value is -1.29. The van der Waals surface area contributed by atoms with Crippen molar-refractivity contribution in [1.82, 2.24) is 0 Å². The highest BCUT2D eigenvalue weighted by Crippen LogP contribution is 2.22. The van der Waals surface area contributed by atoms with E-state index in [0.29, 0.717) is 0 Å². The molecule has 4 nitrogen and oxygen atoms in total. The fourth-order valence-corrected chi connectivity index (χ4v) is 7.69. The lowest BCUT2D eigenvalue weighted by atomic mass is 10.1. The zero-order valence-corrected chi connectivity index (χ0v) is 17.3. The molecule has 2 aromatic rings. The van der Waals surface area contributed by atoms with Gasteiger partial charge in [-0.3, -0.25) is 0 Å². The van der Waals surface area contributed by atoms with Crippen molar-refractivity contribution < 1.29 is 17.7 Å². The molecule has 0 saturated heterocycles. The predicted molar refractivity (Wildman–Crippen MR) is 102 cm³/mol. The van der Waals surface area contributed by atoms with Crippen LogP contribution in [0.5, 0.6) is 0 Å². The largest absolute Gasteiger partial charge is 0.394 e. The highest BCUT2D eigenvalue weighted by atomic mass is 28.4. The molecule has 130 valence electrons. The fourth-order valence-electron chi connectivity index (χ4n) is 2.87. The number of rotatable bonds is 7. The molecule has 2 aromatic carbocycles. The lowest BCUT2D eigenvalue weighted by Gasteiger charge is -2.33. The standard InChI is InChI=1S/C18H26O4Si2/c1-19-23(5,20-2)17-14-10-13-16(15-11-8-7-9-12-15)18(17)24(6,21-3)22-4/h7-14H,1-6H3. The van der Waals surface area contributed by atoms with Gasteiger partial charge in [0.2, 0.25) is 0 Å². The lowest BCUT2D eigenvalue weighted by molar-refractivity contribution is 0.260. The quantitative estimate of drug-likeness (QED) is 0.709. The van der Waals surface area contributed by atoms with Gasteiger partial charge in [-0.1, -0.05) is 48.5 Å². The van der Waals surface area contributed by atoms with Gasteiger partial charge < -0.3 is 17.7 Å². The summed E-state index contributed by atoms with van der Waals surface area (Å²) in [5, 5.41) is 2.14. The molecule has 0 aliphatic heterocycles. The summed E-state index contributed by atoms with van der Waals surface area (Å²) < 4.78 is 23.4. The van der Waals surface area contributed by atoms with Crippen LogP contribution in [0, 0.1) is 0 Å². The van der Waals surface area contributed by atoms with E-state index < -0.39 is 17.1 Å². The van der Waals surface area contributed by atoms with Crippen molar-refractivity contribution in [2.45, 2.75) is 13.1 Å². The van der Waals surface area contributed by atoms with Crippen molar-refractivity contribution in [3.63, 3.8) is 0 Å². The van der Waals surface area contributed by atoms with Gasteiger partial charge >= 0.3 is 17.1 Å². The van der Waals surface area contributed by atoms with Crippen LogP contribution in [0.4, 0.5) is 0 Å². The predicted octanol–water partition coefficient (Wildman–Crippen LogP) is 2.50. The third-order valence-electron chi connectivity index (χ3n) is 4.65. The van der Waals surface area contributed by atoms with Gasteiger partial charge in [0, 0.05) is 33.6 Å². The Balaban J connectivity index is 2.83. The van der Waals surface area contributed by atoms with Crippen LogP contribution >= 0.6 is 0 Å². The van der Waals surface area contributed by atoms with Crippen LogP contribution in [0.1, 0.15) is 0 Å². The molecule has 0 saturated carbocycles. The normalized spacial score (nSPS) is 12.4. The maximum Gasteiger partial charge on any atom is 0.369 e. The van der Waals surface area contributed by atoms with Crippen molar-refractivity contribution in [2.75, 3.05) is 28.4 Å². The topological polar surface area (TPSA) is 36.9 Å². The van der Waals surface area contributed by atoms with Crippen molar-refractivity contribution in [3.05, 3.63) is 48.5 Å². The first-order chi connectivity index (χ1) is 11.5. The summed E-state index contributed by atoms with van der Waals surface area (Å²) in [5.41, 5.74) is 2.24. The molecule has 0 heterocycles. The second-order valence-electron chi connectivity index (χ2n) is 5.80. The number of hydrogen-bond donors (Lipinski definition) is 0. The van der Waals surface area contributed by atoms with E-state index in [4.69, 9.17) is 17.7 Å². The van der Waals surface area contributed by atoms with Gasteiger partial charge in [0.15, 0.2) is 0 Å². The van der Waals surface area contributed by atoms with E-state index in [-0.39, 0.29) is 0 Å². The Morgan fingerprint density at radius 2 is 1.17 bits per heavy atom. The van der Waals surface area contributed by atoms with E-state index in [1.165, 1.54) is 0 Å². The Bertz CT molecular complexity index is 668.